The molecular weight excluding hydrogens is 422 g/mol. The highest BCUT2D eigenvalue weighted by atomic mass is 32.2. The second-order valence-corrected chi connectivity index (χ2v) is 11.9. The molecule has 2 aromatic rings. The molecule has 8 nitrogen and oxygen atoms in total. The highest BCUT2D eigenvalue weighted by Gasteiger charge is 2.42. The quantitative estimate of drug-likeness (QED) is 0.604. The van der Waals surface area contributed by atoms with Crippen molar-refractivity contribution in [3.05, 3.63) is 17.8 Å². The lowest BCUT2D eigenvalue weighted by Crippen LogP contribution is -2.58. The van der Waals surface area contributed by atoms with E-state index in [1.54, 1.807) is 11.1 Å². The zero-order valence-electron chi connectivity index (χ0n) is 18.4. The fourth-order valence-electron chi connectivity index (χ4n) is 3.76. The Hall–Kier alpha value is -1.81. The minimum absolute atomic E-state index is 0.00161. The highest BCUT2D eigenvalue weighted by Crippen LogP contribution is 2.36. The zero-order chi connectivity index (χ0) is 22.1. The lowest BCUT2D eigenvalue weighted by atomic mass is 9.78. The summed E-state index contributed by atoms with van der Waals surface area (Å²) in [5.74, 6) is 2.13. The molecule has 1 saturated heterocycles. The van der Waals surface area contributed by atoms with E-state index in [0.717, 1.165) is 22.9 Å². The van der Waals surface area contributed by atoms with Crippen LogP contribution < -0.4 is 5.32 Å². The summed E-state index contributed by atoms with van der Waals surface area (Å²) >= 11 is 3.01. The van der Waals surface area contributed by atoms with Crippen molar-refractivity contribution in [1.29, 1.82) is 0 Å². The Morgan fingerprint density at radius 1 is 1.33 bits per heavy atom. The van der Waals surface area contributed by atoms with Crippen LogP contribution in [0.3, 0.4) is 0 Å². The summed E-state index contributed by atoms with van der Waals surface area (Å²) in [5, 5.41) is 22.3. The van der Waals surface area contributed by atoms with Crippen molar-refractivity contribution >= 4 is 34.3 Å². The van der Waals surface area contributed by atoms with Crippen molar-refractivity contribution in [2.75, 3.05) is 11.9 Å². The number of hydrogen-bond acceptors (Lipinski definition) is 8. The van der Waals surface area contributed by atoms with Crippen LogP contribution in [0.5, 0.6) is 0 Å². The van der Waals surface area contributed by atoms with Crippen LogP contribution in [0, 0.1) is 5.41 Å². The minimum Gasteiger partial charge on any atom is -0.465 e. The van der Waals surface area contributed by atoms with Crippen molar-refractivity contribution in [2.45, 2.75) is 82.0 Å². The van der Waals surface area contributed by atoms with Crippen LogP contribution in [-0.2, 0) is 11.2 Å². The monoisotopic (exact) mass is 453 g/mol. The number of rotatable bonds is 5. The van der Waals surface area contributed by atoms with E-state index in [9.17, 15) is 9.90 Å². The molecule has 1 aliphatic heterocycles. The van der Waals surface area contributed by atoms with Gasteiger partial charge in [0.1, 0.15) is 5.76 Å². The SMILES string of the molecule is CC(C)(C)c1cnc(CSc2nnc(NC3CCCN(C(=O)O)C3C(C)(C)C)s2)o1. The van der Waals surface area contributed by atoms with Gasteiger partial charge in [0.15, 0.2) is 4.34 Å². The van der Waals surface area contributed by atoms with Crippen LogP contribution in [0.4, 0.5) is 9.93 Å². The molecular formula is C20H31N5O3S2. The van der Waals surface area contributed by atoms with Gasteiger partial charge in [-0.2, -0.15) is 0 Å². The largest absolute Gasteiger partial charge is 0.465 e. The summed E-state index contributed by atoms with van der Waals surface area (Å²) in [4.78, 5) is 17.7. The van der Waals surface area contributed by atoms with Crippen LogP contribution in [0.2, 0.25) is 0 Å². The Morgan fingerprint density at radius 2 is 2.07 bits per heavy atom. The number of aromatic nitrogens is 3. The normalized spacial score (nSPS) is 20.4. The summed E-state index contributed by atoms with van der Waals surface area (Å²) in [5.41, 5.74) is -0.252. The second-order valence-electron chi connectivity index (χ2n) is 9.71. The molecule has 1 fully saturated rings. The summed E-state index contributed by atoms with van der Waals surface area (Å²) < 4.78 is 6.66. The highest BCUT2D eigenvalue weighted by molar-refractivity contribution is 8.00. The number of likely N-dealkylation sites (tertiary alicyclic amines) is 1. The third-order valence-corrected chi connectivity index (χ3v) is 7.06. The molecule has 2 aromatic heterocycles. The standard InChI is InChI=1S/C20H31N5O3S2/c1-19(2,3)13-10-21-14(28-13)11-29-17-24-23-16(30-17)22-12-8-7-9-25(18(26)27)15(12)20(4,5)6/h10,12,15H,7-9,11H2,1-6H3,(H,22,23)(H,26,27). The summed E-state index contributed by atoms with van der Waals surface area (Å²) in [6.45, 7) is 13.1. The Balaban J connectivity index is 1.64. The molecule has 2 atom stereocenters. The van der Waals surface area contributed by atoms with Gasteiger partial charge in [0.25, 0.3) is 0 Å². The molecule has 2 unspecified atom stereocenters. The first-order valence-corrected chi connectivity index (χ1v) is 11.9. The Bertz CT molecular complexity index is 868. The molecule has 10 heteroatoms. The summed E-state index contributed by atoms with van der Waals surface area (Å²) in [6.07, 6.45) is 2.65. The predicted molar refractivity (Wildman–Crippen MR) is 119 cm³/mol. The van der Waals surface area contributed by atoms with Gasteiger partial charge in [-0.15, -0.1) is 10.2 Å². The van der Waals surface area contributed by atoms with Crippen LogP contribution >= 0.6 is 23.1 Å². The Labute approximate surface area is 185 Å². The van der Waals surface area contributed by atoms with E-state index in [-0.39, 0.29) is 22.9 Å². The van der Waals surface area contributed by atoms with E-state index < -0.39 is 6.09 Å². The molecule has 0 radical (unpaired) electrons. The maximum Gasteiger partial charge on any atom is 0.407 e. The van der Waals surface area contributed by atoms with Crippen LogP contribution in [0.15, 0.2) is 15.0 Å². The third-order valence-electron chi connectivity index (χ3n) is 5.09. The molecule has 0 bridgehead atoms. The fourth-order valence-corrected chi connectivity index (χ4v) is 5.43. The molecule has 1 amide bonds. The maximum atomic E-state index is 11.8. The van der Waals surface area contributed by atoms with Gasteiger partial charge in [-0.05, 0) is 18.3 Å². The van der Waals surface area contributed by atoms with Crippen molar-refractivity contribution in [2.24, 2.45) is 5.41 Å². The number of carboxylic acid groups (broad SMARTS) is 1. The molecule has 0 aliphatic carbocycles. The predicted octanol–water partition coefficient (Wildman–Crippen LogP) is 5.08. The van der Waals surface area contributed by atoms with Crippen LogP contribution in [-0.4, -0.2) is 49.9 Å². The summed E-state index contributed by atoms with van der Waals surface area (Å²) in [7, 11) is 0. The van der Waals surface area contributed by atoms with Gasteiger partial charge in [0.2, 0.25) is 11.0 Å². The van der Waals surface area contributed by atoms with Crippen molar-refractivity contribution in [3.63, 3.8) is 0 Å². The molecule has 3 rings (SSSR count). The zero-order valence-corrected chi connectivity index (χ0v) is 20.1. The van der Waals surface area contributed by atoms with Gasteiger partial charge >= 0.3 is 6.09 Å². The Morgan fingerprint density at radius 3 is 2.67 bits per heavy atom. The average molecular weight is 454 g/mol. The number of oxazole rings is 1. The van der Waals surface area contributed by atoms with E-state index in [1.165, 1.54) is 23.1 Å². The van der Waals surface area contributed by atoms with E-state index in [0.29, 0.717) is 23.3 Å². The topological polar surface area (TPSA) is 104 Å². The van der Waals surface area contributed by atoms with Crippen molar-refractivity contribution in [1.82, 2.24) is 20.1 Å². The number of thioether (sulfide) groups is 1. The van der Waals surface area contributed by atoms with Crippen molar-refractivity contribution < 1.29 is 14.3 Å². The van der Waals surface area contributed by atoms with E-state index >= 15 is 0 Å². The molecule has 0 aromatic carbocycles. The molecule has 0 saturated carbocycles. The number of nitrogens with one attached hydrogen (secondary N) is 1. The van der Waals surface area contributed by atoms with Gasteiger partial charge in [-0.3, -0.25) is 0 Å². The lowest BCUT2D eigenvalue weighted by Gasteiger charge is -2.46. The number of nitrogens with zero attached hydrogens (tertiary/aromatic N) is 4. The molecule has 3 heterocycles. The van der Waals surface area contributed by atoms with Gasteiger partial charge < -0.3 is 19.7 Å². The van der Waals surface area contributed by atoms with Crippen LogP contribution in [0.25, 0.3) is 0 Å². The second kappa shape index (κ2) is 8.74. The average Bonchev–Trinajstić information content (AvgIpc) is 3.27. The van der Waals surface area contributed by atoms with E-state index in [2.05, 4.69) is 62.0 Å². The molecule has 30 heavy (non-hydrogen) atoms. The first kappa shape index (κ1) is 22.9. The number of carbonyl (C=O) groups is 1. The summed E-state index contributed by atoms with van der Waals surface area (Å²) in [6, 6.07) is -0.131. The maximum absolute atomic E-state index is 11.8. The number of hydrogen-bond donors (Lipinski definition) is 2. The van der Waals surface area contributed by atoms with Gasteiger partial charge in [-0.1, -0.05) is 64.6 Å². The van der Waals surface area contributed by atoms with E-state index in [1.807, 2.05) is 0 Å². The molecule has 2 N–H and O–H groups in total. The number of anilines is 1. The first-order valence-electron chi connectivity index (χ1n) is 10.1. The molecule has 0 spiro atoms. The first-order chi connectivity index (χ1) is 13.9. The van der Waals surface area contributed by atoms with Gasteiger partial charge in [0.05, 0.1) is 18.0 Å². The fraction of sp³-hybridized carbons (Fsp3) is 0.700. The lowest BCUT2D eigenvalue weighted by molar-refractivity contribution is 0.0519. The van der Waals surface area contributed by atoms with Crippen LogP contribution in [0.1, 0.15) is 66.0 Å². The molecule has 1 aliphatic rings. The third kappa shape index (κ3) is 5.46. The van der Waals surface area contributed by atoms with Gasteiger partial charge in [-0.25, -0.2) is 9.78 Å². The smallest absolute Gasteiger partial charge is 0.407 e. The van der Waals surface area contributed by atoms with Crippen molar-refractivity contribution in [3.8, 4) is 0 Å². The molecule has 166 valence electrons. The minimum atomic E-state index is -0.865. The number of amides is 1. The van der Waals surface area contributed by atoms with E-state index in [4.69, 9.17) is 4.42 Å². The van der Waals surface area contributed by atoms with Gasteiger partial charge in [0, 0.05) is 18.0 Å². The Kier molecular flexibility index (Phi) is 6.66. The number of piperidine rings is 1.